The van der Waals surface area contributed by atoms with Gasteiger partial charge in [-0.25, -0.2) is 9.78 Å². The molecule has 1 aromatic heterocycles. The first kappa shape index (κ1) is 18.2. The summed E-state index contributed by atoms with van der Waals surface area (Å²) >= 11 is 11.7. The Balaban J connectivity index is 2.04. The quantitative estimate of drug-likeness (QED) is 0.823. The van der Waals surface area contributed by atoms with Crippen molar-refractivity contribution in [2.24, 2.45) is 0 Å². The van der Waals surface area contributed by atoms with Crippen molar-refractivity contribution in [2.75, 3.05) is 5.32 Å². The summed E-state index contributed by atoms with van der Waals surface area (Å²) in [5.74, 6) is -0.948. The molecule has 0 unspecified atom stereocenters. The van der Waals surface area contributed by atoms with Crippen LogP contribution in [0.2, 0.25) is 10.0 Å². The van der Waals surface area contributed by atoms with E-state index in [1.165, 1.54) is 19.2 Å². The van der Waals surface area contributed by atoms with Crippen LogP contribution in [0.25, 0.3) is 0 Å². The van der Waals surface area contributed by atoms with Crippen molar-refractivity contribution >= 4 is 40.9 Å². The number of carbonyl (C=O) groups excluding carboxylic acids is 2. The second kappa shape index (κ2) is 7.64. The number of rotatable bonds is 4. The number of pyridine rings is 1. The number of anilines is 1. The Morgan fingerprint density at radius 3 is 2.54 bits per heavy atom. The standard InChI is InChI=1S/C17H16Cl2N2O3/c1-9-4-5-13(10(2)6-9)17(23)24-11(3)16(22)21-15-14(19)7-12(18)8-20-15/h4-8,11H,1-3H3,(H,20,21,22)/t11-/m1/s1. The van der Waals surface area contributed by atoms with Crippen molar-refractivity contribution < 1.29 is 14.3 Å². The molecule has 0 saturated heterocycles. The summed E-state index contributed by atoms with van der Waals surface area (Å²) in [6.07, 6.45) is 0.349. The summed E-state index contributed by atoms with van der Waals surface area (Å²) in [6.45, 7) is 5.22. The van der Waals surface area contributed by atoms with Crippen molar-refractivity contribution in [3.05, 3.63) is 57.2 Å². The number of carbonyl (C=O) groups is 2. The van der Waals surface area contributed by atoms with Gasteiger partial charge in [0.2, 0.25) is 0 Å². The molecule has 0 saturated carbocycles. The molecule has 7 heteroatoms. The van der Waals surface area contributed by atoms with Crippen LogP contribution in [0.5, 0.6) is 0 Å². The summed E-state index contributed by atoms with van der Waals surface area (Å²) in [6, 6.07) is 6.82. The fraction of sp³-hybridized carbons (Fsp3) is 0.235. The summed E-state index contributed by atoms with van der Waals surface area (Å²) < 4.78 is 5.21. The molecular formula is C17H16Cl2N2O3. The summed E-state index contributed by atoms with van der Waals surface area (Å²) in [7, 11) is 0. The monoisotopic (exact) mass is 366 g/mol. The van der Waals surface area contributed by atoms with Gasteiger partial charge in [-0.1, -0.05) is 40.9 Å². The Labute approximate surface area is 149 Å². The van der Waals surface area contributed by atoms with Crippen molar-refractivity contribution in [1.82, 2.24) is 4.98 Å². The van der Waals surface area contributed by atoms with Gasteiger partial charge in [-0.05, 0) is 38.5 Å². The van der Waals surface area contributed by atoms with E-state index in [4.69, 9.17) is 27.9 Å². The molecule has 0 aliphatic rings. The second-order valence-corrected chi connectivity index (χ2v) is 6.18. The third kappa shape index (κ3) is 4.46. The first-order valence-electron chi connectivity index (χ1n) is 7.18. The van der Waals surface area contributed by atoms with Crippen LogP contribution < -0.4 is 5.32 Å². The molecular weight excluding hydrogens is 351 g/mol. The highest BCUT2D eigenvalue weighted by Crippen LogP contribution is 2.22. The average Bonchev–Trinajstić information content (AvgIpc) is 2.49. The number of amides is 1. The molecule has 1 N–H and O–H groups in total. The van der Waals surface area contributed by atoms with E-state index in [0.29, 0.717) is 10.6 Å². The number of aryl methyl sites for hydroxylation is 2. The minimum atomic E-state index is -1.01. The van der Waals surface area contributed by atoms with Crippen molar-refractivity contribution in [3.63, 3.8) is 0 Å². The van der Waals surface area contributed by atoms with Crippen LogP contribution in [0.15, 0.2) is 30.5 Å². The lowest BCUT2D eigenvalue weighted by atomic mass is 10.1. The van der Waals surface area contributed by atoms with Crippen LogP contribution in [0.4, 0.5) is 5.82 Å². The Morgan fingerprint density at radius 2 is 1.92 bits per heavy atom. The lowest BCUT2D eigenvalue weighted by Crippen LogP contribution is -2.30. The van der Waals surface area contributed by atoms with Crippen LogP contribution in [-0.2, 0) is 9.53 Å². The Hall–Kier alpha value is -2.11. The van der Waals surface area contributed by atoms with Gasteiger partial charge in [0.1, 0.15) is 0 Å². The van der Waals surface area contributed by atoms with Gasteiger partial charge in [0, 0.05) is 6.20 Å². The van der Waals surface area contributed by atoms with Crippen LogP contribution in [0.1, 0.15) is 28.4 Å². The third-order valence-corrected chi connectivity index (χ3v) is 3.80. The zero-order valence-corrected chi connectivity index (χ0v) is 14.9. The minimum Gasteiger partial charge on any atom is -0.449 e. The fourth-order valence-corrected chi connectivity index (χ4v) is 2.47. The second-order valence-electron chi connectivity index (χ2n) is 5.34. The molecule has 0 bridgehead atoms. The number of halogens is 2. The highest BCUT2D eigenvalue weighted by molar-refractivity contribution is 6.36. The van der Waals surface area contributed by atoms with Gasteiger partial charge in [-0.15, -0.1) is 0 Å². The number of hydrogen-bond acceptors (Lipinski definition) is 4. The zero-order valence-electron chi connectivity index (χ0n) is 13.4. The van der Waals surface area contributed by atoms with Gasteiger partial charge >= 0.3 is 5.97 Å². The highest BCUT2D eigenvalue weighted by atomic mass is 35.5. The molecule has 2 rings (SSSR count). The maximum Gasteiger partial charge on any atom is 0.339 e. The van der Waals surface area contributed by atoms with E-state index in [1.807, 2.05) is 26.0 Å². The summed E-state index contributed by atoms with van der Waals surface area (Å²) in [4.78, 5) is 28.3. The predicted octanol–water partition coefficient (Wildman–Crippen LogP) is 4.19. The summed E-state index contributed by atoms with van der Waals surface area (Å²) in [5.41, 5.74) is 2.25. The third-order valence-electron chi connectivity index (χ3n) is 3.30. The van der Waals surface area contributed by atoms with E-state index < -0.39 is 18.0 Å². The van der Waals surface area contributed by atoms with Crippen LogP contribution in [0, 0.1) is 13.8 Å². The highest BCUT2D eigenvalue weighted by Gasteiger charge is 2.21. The lowest BCUT2D eigenvalue weighted by Gasteiger charge is -2.14. The van der Waals surface area contributed by atoms with Crippen molar-refractivity contribution in [2.45, 2.75) is 26.9 Å². The molecule has 1 atom stereocenters. The largest absolute Gasteiger partial charge is 0.449 e. The molecule has 1 aromatic carbocycles. The average molecular weight is 367 g/mol. The molecule has 24 heavy (non-hydrogen) atoms. The molecule has 0 spiro atoms. The molecule has 126 valence electrons. The maximum atomic E-state index is 12.2. The predicted molar refractivity (Wildman–Crippen MR) is 93.7 cm³/mol. The van der Waals surface area contributed by atoms with Crippen LogP contribution >= 0.6 is 23.2 Å². The van der Waals surface area contributed by atoms with Gasteiger partial charge in [-0.3, -0.25) is 4.79 Å². The minimum absolute atomic E-state index is 0.153. The molecule has 0 fully saturated rings. The normalized spacial score (nSPS) is 11.7. The van der Waals surface area contributed by atoms with Crippen molar-refractivity contribution in [3.8, 4) is 0 Å². The van der Waals surface area contributed by atoms with Crippen molar-refractivity contribution in [1.29, 1.82) is 0 Å². The van der Waals surface area contributed by atoms with E-state index in [2.05, 4.69) is 10.3 Å². The molecule has 1 amide bonds. The van der Waals surface area contributed by atoms with Crippen LogP contribution in [-0.4, -0.2) is 23.0 Å². The fourth-order valence-electron chi connectivity index (χ4n) is 2.05. The number of benzene rings is 1. The first-order chi connectivity index (χ1) is 11.3. The molecule has 1 heterocycles. The molecule has 2 aromatic rings. The molecule has 0 aliphatic heterocycles. The lowest BCUT2D eigenvalue weighted by molar-refractivity contribution is -0.123. The molecule has 0 radical (unpaired) electrons. The molecule has 5 nitrogen and oxygen atoms in total. The number of ether oxygens (including phenoxy) is 1. The topological polar surface area (TPSA) is 68.3 Å². The molecule has 0 aliphatic carbocycles. The van der Waals surface area contributed by atoms with Gasteiger partial charge in [0.05, 0.1) is 15.6 Å². The van der Waals surface area contributed by atoms with Gasteiger partial charge in [-0.2, -0.15) is 0 Å². The van der Waals surface area contributed by atoms with Crippen LogP contribution in [0.3, 0.4) is 0 Å². The number of esters is 1. The van der Waals surface area contributed by atoms with Gasteiger partial charge in [0.25, 0.3) is 5.91 Å². The number of nitrogens with zero attached hydrogens (tertiary/aromatic N) is 1. The van der Waals surface area contributed by atoms with E-state index in [0.717, 1.165) is 11.1 Å². The SMILES string of the molecule is Cc1ccc(C(=O)O[C@H](C)C(=O)Nc2ncc(Cl)cc2Cl)c(C)c1. The maximum absolute atomic E-state index is 12.2. The van der Waals surface area contributed by atoms with Gasteiger partial charge < -0.3 is 10.1 Å². The van der Waals surface area contributed by atoms with E-state index in [-0.39, 0.29) is 10.8 Å². The smallest absolute Gasteiger partial charge is 0.339 e. The number of aromatic nitrogens is 1. The first-order valence-corrected chi connectivity index (χ1v) is 7.93. The number of nitrogens with one attached hydrogen (secondary N) is 1. The van der Waals surface area contributed by atoms with Gasteiger partial charge in [0.15, 0.2) is 11.9 Å². The zero-order chi connectivity index (χ0) is 17.9. The van der Waals surface area contributed by atoms with E-state index >= 15 is 0 Å². The number of hydrogen-bond donors (Lipinski definition) is 1. The Bertz CT molecular complexity index is 793. The Kier molecular flexibility index (Phi) is 5.80. The van der Waals surface area contributed by atoms with E-state index in [1.54, 1.807) is 6.07 Å². The summed E-state index contributed by atoms with van der Waals surface area (Å²) in [5, 5.41) is 3.05. The Morgan fingerprint density at radius 1 is 1.21 bits per heavy atom. The van der Waals surface area contributed by atoms with E-state index in [9.17, 15) is 9.59 Å².